The van der Waals surface area contributed by atoms with Crippen LogP contribution in [-0.2, 0) is 0 Å². The van der Waals surface area contributed by atoms with Crippen LogP contribution in [0.1, 0.15) is 20.8 Å². The van der Waals surface area contributed by atoms with Gasteiger partial charge < -0.3 is 16.4 Å². The second-order valence-electron chi connectivity index (χ2n) is 6.20. The third kappa shape index (κ3) is 3.65. The third-order valence-corrected chi connectivity index (χ3v) is 5.32. The van der Waals surface area contributed by atoms with Crippen LogP contribution in [0.15, 0.2) is 60.7 Å². The molecule has 2 aromatic carbocycles. The van der Waals surface area contributed by atoms with Crippen molar-refractivity contribution >= 4 is 44.2 Å². The SMILES string of the molecule is CNc1nc(C(N)=O)c(NC(=O)c2cc(-c3ccccc3)nc3ccccc23)s1. The van der Waals surface area contributed by atoms with Crippen LogP contribution in [-0.4, -0.2) is 28.8 Å². The van der Waals surface area contributed by atoms with E-state index in [2.05, 4.69) is 20.6 Å². The van der Waals surface area contributed by atoms with Crippen molar-refractivity contribution < 1.29 is 9.59 Å². The van der Waals surface area contributed by atoms with E-state index in [0.29, 0.717) is 32.3 Å². The molecule has 0 atom stereocenters. The highest BCUT2D eigenvalue weighted by atomic mass is 32.1. The summed E-state index contributed by atoms with van der Waals surface area (Å²) >= 11 is 1.15. The molecule has 144 valence electrons. The number of benzene rings is 2. The summed E-state index contributed by atoms with van der Waals surface area (Å²) in [5.41, 5.74) is 8.17. The highest BCUT2D eigenvalue weighted by Crippen LogP contribution is 2.30. The maximum Gasteiger partial charge on any atom is 0.270 e. The lowest BCUT2D eigenvalue weighted by molar-refractivity contribution is 0.0997. The van der Waals surface area contributed by atoms with Crippen molar-refractivity contribution in [2.24, 2.45) is 5.73 Å². The monoisotopic (exact) mass is 403 g/mol. The van der Waals surface area contributed by atoms with E-state index in [1.807, 2.05) is 54.6 Å². The number of anilines is 2. The number of carbonyl (C=O) groups excluding carboxylic acids is 2. The zero-order chi connectivity index (χ0) is 20.4. The molecule has 4 N–H and O–H groups in total. The van der Waals surface area contributed by atoms with Gasteiger partial charge in [-0.05, 0) is 12.1 Å². The molecule has 0 saturated heterocycles. The number of para-hydroxylation sites is 1. The predicted octanol–water partition coefficient (Wildman–Crippen LogP) is 3.75. The summed E-state index contributed by atoms with van der Waals surface area (Å²) in [6, 6.07) is 18.8. The molecular formula is C21H17N5O2S. The van der Waals surface area contributed by atoms with Crippen LogP contribution in [0.3, 0.4) is 0 Å². The quantitative estimate of drug-likeness (QED) is 0.470. The number of carbonyl (C=O) groups is 2. The summed E-state index contributed by atoms with van der Waals surface area (Å²) in [6.07, 6.45) is 0. The van der Waals surface area contributed by atoms with E-state index in [0.717, 1.165) is 16.9 Å². The fourth-order valence-electron chi connectivity index (χ4n) is 2.97. The Morgan fingerprint density at radius 1 is 1.00 bits per heavy atom. The largest absolute Gasteiger partial charge is 0.365 e. The molecule has 0 bridgehead atoms. The first kappa shape index (κ1) is 18.6. The van der Waals surface area contributed by atoms with E-state index in [4.69, 9.17) is 5.73 Å². The molecule has 29 heavy (non-hydrogen) atoms. The van der Waals surface area contributed by atoms with Crippen LogP contribution in [0.4, 0.5) is 10.1 Å². The van der Waals surface area contributed by atoms with Crippen molar-refractivity contribution in [2.45, 2.75) is 0 Å². The smallest absolute Gasteiger partial charge is 0.270 e. The second kappa shape index (κ2) is 7.69. The Bertz CT molecular complexity index is 1220. The minimum absolute atomic E-state index is 0.0225. The molecule has 8 heteroatoms. The number of rotatable bonds is 5. The van der Waals surface area contributed by atoms with Gasteiger partial charge in [0.15, 0.2) is 10.8 Å². The van der Waals surface area contributed by atoms with Gasteiger partial charge in [0.25, 0.3) is 11.8 Å². The average molecular weight is 403 g/mol. The summed E-state index contributed by atoms with van der Waals surface area (Å²) in [5.74, 6) is -1.07. The Kier molecular flexibility index (Phi) is 4.92. The summed E-state index contributed by atoms with van der Waals surface area (Å²) < 4.78 is 0. The van der Waals surface area contributed by atoms with Gasteiger partial charge in [-0.25, -0.2) is 9.97 Å². The normalized spacial score (nSPS) is 10.7. The number of hydrogen-bond donors (Lipinski definition) is 3. The molecule has 0 unspecified atom stereocenters. The van der Waals surface area contributed by atoms with E-state index in [9.17, 15) is 9.59 Å². The molecule has 4 aromatic rings. The van der Waals surface area contributed by atoms with Gasteiger partial charge in [-0.3, -0.25) is 9.59 Å². The maximum absolute atomic E-state index is 13.2. The molecule has 0 aliphatic heterocycles. The molecule has 2 heterocycles. The number of amides is 2. The van der Waals surface area contributed by atoms with E-state index in [1.54, 1.807) is 13.1 Å². The topological polar surface area (TPSA) is 110 Å². The number of aromatic nitrogens is 2. The highest BCUT2D eigenvalue weighted by molar-refractivity contribution is 7.20. The maximum atomic E-state index is 13.2. The highest BCUT2D eigenvalue weighted by Gasteiger charge is 2.20. The fraction of sp³-hybridized carbons (Fsp3) is 0.0476. The number of fused-ring (bicyclic) bond motifs is 1. The number of nitrogens with two attached hydrogens (primary N) is 1. The summed E-state index contributed by atoms with van der Waals surface area (Å²) in [4.78, 5) is 33.6. The second-order valence-corrected chi connectivity index (χ2v) is 7.20. The van der Waals surface area contributed by atoms with Crippen LogP contribution in [0, 0.1) is 0 Å². The minimum atomic E-state index is -0.706. The van der Waals surface area contributed by atoms with Crippen molar-refractivity contribution in [3.63, 3.8) is 0 Å². The number of nitrogens with zero attached hydrogens (tertiary/aromatic N) is 2. The van der Waals surface area contributed by atoms with Crippen LogP contribution in [0.5, 0.6) is 0 Å². The fourth-order valence-corrected chi connectivity index (χ4v) is 3.79. The molecule has 4 rings (SSSR count). The summed E-state index contributed by atoms with van der Waals surface area (Å²) in [6.45, 7) is 0. The Morgan fingerprint density at radius 3 is 2.45 bits per heavy atom. The molecule has 0 saturated carbocycles. The van der Waals surface area contributed by atoms with Gasteiger partial charge in [0.05, 0.1) is 16.8 Å². The number of nitrogens with one attached hydrogen (secondary N) is 2. The lowest BCUT2D eigenvalue weighted by Gasteiger charge is -2.10. The van der Waals surface area contributed by atoms with Gasteiger partial charge in [0, 0.05) is 18.0 Å². The average Bonchev–Trinajstić information content (AvgIpc) is 3.16. The lowest BCUT2D eigenvalue weighted by atomic mass is 10.0. The Morgan fingerprint density at radius 2 is 1.72 bits per heavy atom. The zero-order valence-electron chi connectivity index (χ0n) is 15.5. The first-order valence-electron chi connectivity index (χ1n) is 8.81. The van der Waals surface area contributed by atoms with Crippen molar-refractivity contribution in [1.29, 1.82) is 0 Å². The van der Waals surface area contributed by atoms with E-state index in [1.165, 1.54) is 0 Å². The molecule has 0 aliphatic carbocycles. The third-order valence-electron chi connectivity index (χ3n) is 4.33. The number of thiazole rings is 1. The van der Waals surface area contributed by atoms with Crippen molar-refractivity contribution in [3.05, 3.63) is 71.9 Å². The van der Waals surface area contributed by atoms with Crippen molar-refractivity contribution in [3.8, 4) is 11.3 Å². The molecule has 2 aromatic heterocycles. The van der Waals surface area contributed by atoms with Gasteiger partial charge in [0.2, 0.25) is 0 Å². The number of hydrogen-bond acceptors (Lipinski definition) is 6. The van der Waals surface area contributed by atoms with E-state index >= 15 is 0 Å². The van der Waals surface area contributed by atoms with Crippen LogP contribution in [0.2, 0.25) is 0 Å². The van der Waals surface area contributed by atoms with E-state index in [-0.39, 0.29) is 11.6 Å². The molecule has 0 radical (unpaired) electrons. The molecule has 2 amide bonds. The first-order chi connectivity index (χ1) is 14.1. The molecule has 0 spiro atoms. The van der Waals surface area contributed by atoms with Gasteiger partial charge >= 0.3 is 0 Å². The first-order valence-corrected chi connectivity index (χ1v) is 9.63. The molecule has 0 fully saturated rings. The van der Waals surface area contributed by atoms with Crippen LogP contribution >= 0.6 is 11.3 Å². The minimum Gasteiger partial charge on any atom is -0.365 e. The van der Waals surface area contributed by atoms with Gasteiger partial charge in [-0.1, -0.05) is 59.9 Å². The standard InChI is InChI=1S/C21H17N5O2S/c1-23-21-25-17(18(22)27)20(29-21)26-19(28)14-11-16(12-7-3-2-4-8-12)24-15-10-6-5-9-13(14)15/h2-11H,1H3,(H2,22,27)(H,23,25)(H,26,28). The Balaban J connectivity index is 1.80. The Hall–Kier alpha value is -3.78. The van der Waals surface area contributed by atoms with Crippen LogP contribution < -0.4 is 16.4 Å². The lowest BCUT2D eigenvalue weighted by Crippen LogP contribution is -2.18. The predicted molar refractivity (Wildman–Crippen MR) is 115 cm³/mol. The van der Waals surface area contributed by atoms with Gasteiger partial charge in [0.1, 0.15) is 5.00 Å². The number of pyridine rings is 1. The van der Waals surface area contributed by atoms with Crippen molar-refractivity contribution in [2.75, 3.05) is 17.7 Å². The van der Waals surface area contributed by atoms with E-state index < -0.39 is 5.91 Å². The molecule has 0 aliphatic rings. The molecule has 7 nitrogen and oxygen atoms in total. The van der Waals surface area contributed by atoms with Crippen molar-refractivity contribution in [1.82, 2.24) is 9.97 Å². The van der Waals surface area contributed by atoms with Gasteiger partial charge in [-0.15, -0.1) is 0 Å². The molecular weight excluding hydrogens is 386 g/mol. The zero-order valence-corrected chi connectivity index (χ0v) is 16.3. The Labute approximate surface area is 170 Å². The summed E-state index contributed by atoms with van der Waals surface area (Å²) in [7, 11) is 1.68. The summed E-state index contributed by atoms with van der Waals surface area (Å²) in [5, 5.41) is 7.13. The van der Waals surface area contributed by atoms with Crippen LogP contribution in [0.25, 0.3) is 22.2 Å². The van der Waals surface area contributed by atoms with Gasteiger partial charge in [-0.2, -0.15) is 0 Å². The number of primary amides is 1.